The minimum atomic E-state index is 0.0237. The van der Waals surface area contributed by atoms with Crippen LogP contribution in [-0.4, -0.2) is 34.7 Å². The van der Waals surface area contributed by atoms with E-state index in [4.69, 9.17) is 0 Å². The third-order valence-electron chi connectivity index (χ3n) is 21.2. The smallest absolute Gasteiger partial charge is 0.261 e. The van der Waals surface area contributed by atoms with E-state index in [1.165, 1.54) is 265 Å². The van der Waals surface area contributed by atoms with Gasteiger partial charge < -0.3 is 9.80 Å². The number of nitrogens with zero attached hydrogens (tertiary/aromatic N) is 2. The van der Waals surface area contributed by atoms with E-state index in [9.17, 15) is 0 Å². The van der Waals surface area contributed by atoms with E-state index in [0.29, 0.717) is 36.1 Å². The summed E-state index contributed by atoms with van der Waals surface area (Å²) in [5.74, 6) is 0.720. The number of carbonyl (C=O) groups is 2. The predicted octanol–water partition coefficient (Wildman–Crippen LogP) is 26.5. The number of carbonyl (C=O) groups excluding carboxylic acids is 2. The van der Waals surface area contributed by atoms with Gasteiger partial charge in [0, 0.05) is 22.8 Å². The number of benzene rings is 8. The largest absolute Gasteiger partial charge is 0.306 e. The molecule has 2 aliphatic heterocycles. The molecule has 2 aliphatic rings. The SMILES string of the molecule is CCCCCCCCCCC(CCCCCCCC)CN1C(=O)C2=C(c3ccc(-c4ccc5ccc6cccc7ccc4c5c67)s3)N(CC(CCCCCCCC)CCCCCCCCCC)C(=O)C2=C1c1ccc(-c2ccc3ccc4cccc5ccc2c3c45)s1. The van der Waals surface area contributed by atoms with Crippen LogP contribution in [0.2, 0.25) is 0 Å². The molecule has 2 amide bonds. The van der Waals surface area contributed by atoms with Crippen LogP contribution in [0.1, 0.15) is 243 Å². The van der Waals surface area contributed by atoms with Gasteiger partial charge in [-0.3, -0.25) is 9.59 Å². The Hall–Kier alpha value is -6.34. The molecule has 0 saturated heterocycles. The first-order valence-electron chi connectivity index (χ1n) is 37.1. The van der Waals surface area contributed by atoms with Crippen LogP contribution in [0, 0.1) is 11.8 Å². The van der Waals surface area contributed by atoms with Crippen molar-refractivity contribution in [3.8, 4) is 20.9 Å². The summed E-state index contributed by atoms with van der Waals surface area (Å²) in [6, 6.07) is 49.9. The Labute approximate surface area is 559 Å². The highest BCUT2D eigenvalue weighted by Crippen LogP contribution is 2.52. The molecule has 2 atom stereocenters. The van der Waals surface area contributed by atoms with Crippen LogP contribution < -0.4 is 0 Å². The van der Waals surface area contributed by atoms with E-state index in [1.54, 1.807) is 22.7 Å². The van der Waals surface area contributed by atoms with Crippen LogP contribution in [0.4, 0.5) is 0 Å². The van der Waals surface area contributed by atoms with E-state index in [-0.39, 0.29) is 11.8 Å². The standard InChI is InChI=1S/C86H104N2O2S2/c1-5-9-13-17-21-23-27-31-37-61(35-29-25-19-15-11-7-3)59-87-83(75-57-55-73(91-75)69-51-47-67-45-43-63-39-33-41-65-49-53-71(69)79(67)77(63)65)81-82(85(87)89)84(88(86(81)90)60-62(36-30-26-20-16-12-8-4)38-32-28-24-22-18-14-10-6-2)76-58-56-74(92-76)70-52-48-68-46-44-64-40-34-42-66-50-54-72(70)80(68)78(64)66/h33-34,39-58,61-62H,5-32,35-38,59-60H2,1-4H3. The molecule has 0 spiro atoms. The van der Waals surface area contributed by atoms with E-state index in [2.05, 4.69) is 171 Å². The zero-order chi connectivity index (χ0) is 63.2. The molecule has 0 saturated carbocycles. The molecular formula is C86H104N2O2S2. The lowest BCUT2D eigenvalue weighted by Gasteiger charge is -2.29. The second-order valence-electron chi connectivity index (χ2n) is 27.9. The summed E-state index contributed by atoms with van der Waals surface area (Å²) in [5.41, 5.74) is 5.40. The van der Waals surface area contributed by atoms with Gasteiger partial charge in [0.2, 0.25) is 0 Å². The Morgan fingerprint density at radius 2 is 0.565 bits per heavy atom. The lowest BCUT2D eigenvalue weighted by molar-refractivity contribution is -0.124. The quantitative estimate of drug-likeness (QED) is 0.0284. The monoisotopic (exact) mass is 1260 g/mol. The van der Waals surface area contributed by atoms with Crippen LogP contribution in [0.15, 0.2) is 145 Å². The van der Waals surface area contributed by atoms with E-state index >= 15 is 9.59 Å². The molecular weight excluding hydrogens is 1160 g/mol. The number of hydrogen-bond acceptors (Lipinski definition) is 4. The highest BCUT2D eigenvalue weighted by Gasteiger charge is 2.50. The Bertz CT molecular complexity index is 3820. The van der Waals surface area contributed by atoms with Crippen molar-refractivity contribution in [3.05, 3.63) is 154 Å². The zero-order valence-corrected chi connectivity index (χ0v) is 58.1. The molecule has 0 fully saturated rings. The maximum absolute atomic E-state index is 16.6. The molecule has 2 unspecified atom stereocenters. The summed E-state index contributed by atoms with van der Waals surface area (Å²) in [4.78, 5) is 41.9. The van der Waals surface area contributed by atoms with Gasteiger partial charge >= 0.3 is 0 Å². The Kier molecular flexibility index (Phi) is 23.0. The van der Waals surface area contributed by atoms with Crippen molar-refractivity contribution in [1.82, 2.24) is 9.80 Å². The van der Waals surface area contributed by atoms with Gasteiger partial charge in [-0.2, -0.15) is 0 Å². The lowest BCUT2D eigenvalue weighted by Crippen LogP contribution is -2.34. The first-order valence-corrected chi connectivity index (χ1v) is 38.7. The molecule has 0 bridgehead atoms. The molecule has 2 aromatic heterocycles. The van der Waals surface area contributed by atoms with E-state index in [1.807, 2.05) is 0 Å². The molecule has 482 valence electrons. The Balaban J connectivity index is 0.966. The number of amides is 2. The summed E-state index contributed by atoms with van der Waals surface area (Å²) in [5, 5.41) is 15.3. The van der Waals surface area contributed by atoms with Crippen molar-refractivity contribution in [3.63, 3.8) is 0 Å². The molecule has 10 aromatic rings. The highest BCUT2D eigenvalue weighted by molar-refractivity contribution is 7.17. The molecule has 8 aromatic carbocycles. The van der Waals surface area contributed by atoms with Gasteiger partial charge in [0.15, 0.2) is 0 Å². The fraction of sp³-hybridized carbons (Fsp3) is 0.465. The number of unbranched alkanes of at least 4 members (excludes halogenated alkanes) is 24. The summed E-state index contributed by atoms with van der Waals surface area (Å²) in [6.07, 6.45) is 40.0. The fourth-order valence-corrected chi connectivity index (χ4v) is 18.3. The van der Waals surface area contributed by atoms with Gasteiger partial charge in [-0.1, -0.05) is 317 Å². The normalized spacial score (nSPS) is 14.5. The van der Waals surface area contributed by atoms with Crippen LogP contribution in [0.3, 0.4) is 0 Å². The van der Waals surface area contributed by atoms with Gasteiger partial charge in [0.1, 0.15) is 0 Å². The maximum atomic E-state index is 16.6. The van der Waals surface area contributed by atoms with Crippen molar-refractivity contribution in [2.75, 3.05) is 13.1 Å². The Morgan fingerprint density at radius 1 is 0.293 bits per heavy atom. The highest BCUT2D eigenvalue weighted by atomic mass is 32.1. The van der Waals surface area contributed by atoms with Gasteiger partial charge in [-0.25, -0.2) is 0 Å². The number of thiophene rings is 2. The number of hydrogen-bond donors (Lipinski definition) is 0. The van der Waals surface area contributed by atoms with E-state index < -0.39 is 0 Å². The molecule has 0 aliphatic carbocycles. The number of fused-ring (bicyclic) bond motifs is 1. The van der Waals surface area contributed by atoms with Crippen molar-refractivity contribution in [2.24, 2.45) is 11.8 Å². The minimum absolute atomic E-state index is 0.0237. The number of rotatable bonds is 40. The molecule has 0 radical (unpaired) electrons. The zero-order valence-electron chi connectivity index (χ0n) is 56.4. The summed E-state index contributed by atoms with van der Waals surface area (Å²) in [7, 11) is 0. The van der Waals surface area contributed by atoms with Crippen LogP contribution >= 0.6 is 22.7 Å². The average molecular weight is 1260 g/mol. The molecule has 0 N–H and O–H groups in total. The minimum Gasteiger partial charge on any atom is -0.306 e. The summed E-state index contributed by atoms with van der Waals surface area (Å²) < 4.78 is 0. The van der Waals surface area contributed by atoms with Crippen LogP contribution in [0.25, 0.3) is 96.9 Å². The van der Waals surface area contributed by atoms with Gasteiger partial charge in [-0.05, 0) is 138 Å². The maximum Gasteiger partial charge on any atom is 0.261 e. The van der Waals surface area contributed by atoms with E-state index in [0.717, 1.165) is 46.8 Å². The fourth-order valence-electron chi connectivity index (χ4n) is 16.1. The predicted molar refractivity (Wildman–Crippen MR) is 402 cm³/mol. The van der Waals surface area contributed by atoms with Gasteiger partial charge in [0.25, 0.3) is 11.8 Å². The topological polar surface area (TPSA) is 40.6 Å². The van der Waals surface area contributed by atoms with Crippen molar-refractivity contribution in [2.45, 2.75) is 233 Å². The molecule has 6 heteroatoms. The summed E-state index contributed by atoms with van der Waals surface area (Å²) >= 11 is 3.55. The molecule has 4 nitrogen and oxygen atoms in total. The summed E-state index contributed by atoms with van der Waals surface area (Å²) in [6.45, 7) is 10.5. The second kappa shape index (κ2) is 32.2. The van der Waals surface area contributed by atoms with Crippen LogP contribution in [-0.2, 0) is 9.59 Å². The first-order chi connectivity index (χ1) is 45.4. The van der Waals surface area contributed by atoms with Crippen LogP contribution in [0.5, 0.6) is 0 Å². The molecule has 92 heavy (non-hydrogen) atoms. The molecule has 4 heterocycles. The third-order valence-corrected chi connectivity index (χ3v) is 23.4. The van der Waals surface area contributed by atoms with Gasteiger partial charge in [0.05, 0.1) is 32.3 Å². The lowest BCUT2D eigenvalue weighted by atomic mass is 9.91. The third kappa shape index (κ3) is 14.6. The first kappa shape index (κ1) is 65.7. The molecule has 12 rings (SSSR count). The average Bonchev–Trinajstić information content (AvgIpc) is 1.52. The Morgan fingerprint density at radius 3 is 0.891 bits per heavy atom. The van der Waals surface area contributed by atoms with Crippen molar-refractivity contribution >= 4 is 111 Å². The van der Waals surface area contributed by atoms with Gasteiger partial charge in [-0.15, -0.1) is 22.7 Å². The van der Waals surface area contributed by atoms with Crippen molar-refractivity contribution < 1.29 is 9.59 Å². The second-order valence-corrected chi connectivity index (χ2v) is 30.1. The van der Waals surface area contributed by atoms with Crippen molar-refractivity contribution in [1.29, 1.82) is 0 Å².